The highest BCUT2D eigenvalue weighted by atomic mass is 15.0. The molecule has 0 saturated carbocycles. The first-order chi connectivity index (χ1) is 11.7. The third-order valence-corrected chi connectivity index (χ3v) is 4.41. The second kappa shape index (κ2) is 7.31. The number of anilines is 1. The minimum atomic E-state index is 0.905. The first kappa shape index (κ1) is 16.3. The molecule has 0 atom stereocenters. The molecule has 2 aromatic rings. The van der Waals surface area contributed by atoms with Crippen LogP contribution in [-0.4, -0.2) is 12.9 Å². The number of aliphatic imine (C=N–C) groups is 1. The van der Waals surface area contributed by atoms with Crippen LogP contribution in [0.25, 0.3) is 23.3 Å². The molecule has 0 bridgehead atoms. The van der Waals surface area contributed by atoms with Crippen molar-refractivity contribution in [2.75, 3.05) is 12.4 Å². The third-order valence-electron chi connectivity index (χ3n) is 4.41. The van der Waals surface area contributed by atoms with Crippen molar-refractivity contribution < 1.29 is 0 Å². The van der Waals surface area contributed by atoms with Gasteiger partial charge >= 0.3 is 0 Å². The molecule has 2 nitrogen and oxygen atoms in total. The Morgan fingerprint density at radius 1 is 1.12 bits per heavy atom. The van der Waals surface area contributed by atoms with E-state index in [0.717, 1.165) is 36.3 Å². The van der Waals surface area contributed by atoms with Gasteiger partial charge in [-0.15, -0.1) is 0 Å². The van der Waals surface area contributed by atoms with Gasteiger partial charge in [0.25, 0.3) is 0 Å². The normalized spacial score (nSPS) is 15.2. The highest BCUT2D eigenvalue weighted by Gasteiger charge is 2.13. The summed E-state index contributed by atoms with van der Waals surface area (Å²) >= 11 is 0. The zero-order valence-corrected chi connectivity index (χ0v) is 14.5. The second-order valence-corrected chi connectivity index (χ2v) is 6.15. The number of hydrogen-bond donors (Lipinski definition) is 1. The van der Waals surface area contributed by atoms with Crippen LogP contribution >= 0.6 is 0 Å². The maximum atomic E-state index is 4.42. The van der Waals surface area contributed by atoms with Crippen LogP contribution in [0, 0.1) is 0 Å². The highest BCUT2D eigenvalue weighted by Crippen LogP contribution is 2.31. The van der Waals surface area contributed by atoms with Crippen LogP contribution in [-0.2, 0) is 0 Å². The Morgan fingerprint density at radius 3 is 2.54 bits per heavy atom. The molecule has 0 radical (unpaired) electrons. The van der Waals surface area contributed by atoms with Gasteiger partial charge in [0.1, 0.15) is 5.84 Å². The fourth-order valence-electron chi connectivity index (χ4n) is 3.08. The summed E-state index contributed by atoms with van der Waals surface area (Å²) in [6.07, 6.45) is 7.36. The molecule has 2 aromatic carbocycles. The summed E-state index contributed by atoms with van der Waals surface area (Å²) in [5, 5.41) is 3.51. The number of nitrogens with one attached hydrogen (secondary N) is 1. The number of rotatable bonds is 4. The molecule has 0 amide bonds. The number of amidine groups is 1. The molecule has 1 heterocycles. The van der Waals surface area contributed by atoms with Crippen LogP contribution in [0.2, 0.25) is 0 Å². The molecule has 1 N–H and O–H groups in total. The average Bonchev–Trinajstić information content (AvgIpc) is 2.80. The second-order valence-electron chi connectivity index (χ2n) is 6.15. The van der Waals surface area contributed by atoms with Gasteiger partial charge < -0.3 is 5.32 Å². The maximum Gasteiger partial charge on any atom is 0.104 e. The van der Waals surface area contributed by atoms with Crippen LogP contribution in [0.5, 0.6) is 0 Å². The largest absolute Gasteiger partial charge is 0.343 e. The zero-order valence-electron chi connectivity index (χ0n) is 14.5. The highest BCUT2D eigenvalue weighted by molar-refractivity contribution is 6.01. The van der Waals surface area contributed by atoms with E-state index in [0.29, 0.717) is 0 Å². The van der Waals surface area contributed by atoms with Crippen molar-refractivity contribution in [3.8, 4) is 11.1 Å². The fourth-order valence-corrected chi connectivity index (χ4v) is 3.08. The molecule has 0 fully saturated rings. The van der Waals surface area contributed by atoms with E-state index in [-0.39, 0.29) is 0 Å². The summed E-state index contributed by atoms with van der Waals surface area (Å²) in [5.41, 5.74) is 7.36. The van der Waals surface area contributed by atoms with Gasteiger partial charge in [0.15, 0.2) is 0 Å². The van der Waals surface area contributed by atoms with Crippen LogP contribution < -0.4 is 5.32 Å². The molecule has 3 rings (SSSR count). The predicted molar refractivity (Wildman–Crippen MR) is 106 cm³/mol. The van der Waals surface area contributed by atoms with Crippen molar-refractivity contribution in [3.63, 3.8) is 0 Å². The van der Waals surface area contributed by atoms with E-state index >= 15 is 0 Å². The Kier molecular flexibility index (Phi) is 4.95. The fraction of sp³-hybridized carbons (Fsp3) is 0.227. The van der Waals surface area contributed by atoms with Gasteiger partial charge in [-0.05, 0) is 34.7 Å². The van der Waals surface area contributed by atoms with E-state index in [9.17, 15) is 0 Å². The lowest BCUT2D eigenvalue weighted by Gasteiger charge is -2.11. The van der Waals surface area contributed by atoms with Crippen LogP contribution in [0.15, 0.2) is 59.6 Å². The molecule has 2 heteroatoms. The summed E-state index contributed by atoms with van der Waals surface area (Å²) in [4.78, 5) is 4.42. The number of fused-ring (bicyclic) bond motifs is 1. The van der Waals surface area contributed by atoms with Crippen molar-refractivity contribution in [1.29, 1.82) is 0 Å². The first-order valence-electron chi connectivity index (χ1n) is 8.52. The molecule has 24 heavy (non-hydrogen) atoms. The lowest BCUT2D eigenvalue weighted by Crippen LogP contribution is -2.11. The molecule has 1 aliphatic rings. The Balaban J connectivity index is 2.00. The van der Waals surface area contributed by atoms with E-state index in [2.05, 4.69) is 72.4 Å². The average molecular weight is 316 g/mol. The molecular formula is C22H24N2. The monoisotopic (exact) mass is 316 g/mol. The zero-order chi connectivity index (χ0) is 16.9. The van der Waals surface area contributed by atoms with E-state index in [4.69, 9.17) is 0 Å². The summed E-state index contributed by atoms with van der Waals surface area (Å²) in [6, 6.07) is 15.1. The van der Waals surface area contributed by atoms with Crippen LogP contribution in [0.4, 0.5) is 5.69 Å². The summed E-state index contributed by atoms with van der Waals surface area (Å²) in [6.45, 7) is 6.03. The summed E-state index contributed by atoms with van der Waals surface area (Å²) < 4.78 is 0. The molecular weight excluding hydrogens is 292 g/mol. The van der Waals surface area contributed by atoms with E-state index in [1.54, 1.807) is 0 Å². The minimum Gasteiger partial charge on any atom is -0.343 e. The molecule has 0 aliphatic carbocycles. The van der Waals surface area contributed by atoms with Gasteiger partial charge in [0.05, 0.1) is 0 Å². The van der Waals surface area contributed by atoms with Crippen molar-refractivity contribution in [2.45, 2.75) is 26.2 Å². The van der Waals surface area contributed by atoms with E-state index in [1.807, 2.05) is 13.1 Å². The quantitative estimate of drug-likeness (QED) is 0.732. The summed E-state index contributed by atoms with van der Waals surface area (Å²) in [7, 11) is 1.86. The van der Waals surface area contributed by atoms with Gasteiger partial charge in [0.2, 0.25) is 0 Å². The van der Waals surface area contributed by atoms with Crippen LogP contribution in [0.1, 0.15) is 37.3 Å². The van der Waals surface area contributed by atoms with Crippen LogP contribution in [0.3, 0.4) is 0 Å². The standard InChI is InChI=1S/C22H24N2/c1-4-6-17-13-20-12-11-19(15-21(20)24-22(14-17)23-3)18-9-7-16(5-2)8-10-18/h5,7-13,15H,2,4,6,14H2,1,3H3,(H,23,24). The maximum absolute atomic E-state index is 4.42. The Morgan fingerprint density at radius 2 is 1.88 bits per heavy atom. The molecule has 0 unspecified atom stereocenters. The Labute approximate surface area is 144 Å². The van der Waals surface area contributed by atoms with Gasteiger partial charge in [0, 0.05) is 19.2 Å². The molecule has 0 aromatic heterocycles. The van der Waals surface area contributed by atoms with E-state index < -0.39 is 0 Å². The van der Waals surface area contributed by atoms with E-state index in [1.165, 1.54) is 22.3 Å². The lowest BCUT2D eigenvalue weighted by atomic mass is 9.99. The van der Waals surface area contributed by atoms with Gasteiger partial charge in [-0.25, -0.2) is 0 Å². The minimum absolute atomic E-state index is 0.905. The Hall–Kier alpha value is -2.61. The molecule has 1 aliphatic heterocycles. The van der Waals surface area contributed by atoms with Gasteiger partial charge in [-0.1, -0.05) is 74.0 Å². The van der Waals surface area contributed by atoms with Crippen molar-refractivity contribution in [3.05, 3.63) is 65.7 Å². The molecule has 122 valence electrons. The lowest BCUT2D eigenvalue weighted by molar-refractivity contribution is 0.895. The molecule has 0 saturated heterocycles. The van der Waals surface area contributed by atoms with Crippen molar-refractivity contribution in [2.24, 2.45) is 4.99 Å². The number of hydrogen-bond acceptors (Lipinski definition) is 1. The SMILES string of the molecule is C=Cc1ccc(-c2ccc3c(c2)NC(=NC)CC(CCC)=C3)cc1. The molecule has 0 spiro atoms. The summed E-state index contributed by atoms with van der Waals surface area (Å²) in [5.74, 6) is 1.03. The third kappa shape index (κ3) is 3.48. The van der Waals surface area contributed by atoms with Gasteiger partial charge in [-0.2, -0.15) is 0 Å². The van der Waals surface area contributed by atoms with Gasteiger partial charge in [-0.3, -0.25) is 4.99 Å². The topological polar surface area (TPSA) is 24.4 Å². The number of benzene rings is 2. The van der Waals surface area contributed by atoms with Crippen molar-refractivity contribution in [1.82, 2.24) is 0 Å². The predicted octanol–water partition coefficient (Wildman–Crippen LogP) is 6.02. The number of nitrogens with zero attached hydrogens (tertiary/aromatic N) is 1. The Bertz CT molecular complexity index is 795. The van der Waals surface area contributed by atoms with Crippen molar-refractivity contribution >= 4 is 23.7 Å². The smallest absolute Gasteiger partial charge is 0.104 e. The first-order valence-corrected chi connectivity index (χ1v) is 8.52.